The van der Waals surface area contributed by atoms with Crippen LogP contribution in [0.3, 0.4) is 0 Å². The zero-order chi connectivity index (χ0) is 12.3. The minimum absolute atomic E-state index is 0.610. The number of nitrogens with one attached hydrogen (secondary N) is 1. The van der Waals surface area contributed by atoms with Crippen molar-refractivity contribution < 1.29 is 0 Å². The van der Waals surface area contributed by atoms with E-state index in [1.165, 1.54) is 5.56 Å². The fourth-order valence-electron chi connectivity index (χ4n) is 1.68. The van der Waals surface area contributed by atoms with Gasteiger partial charge in [-0.15, -0.1) is 10.2 Å². The Hall–Kier alpha value is -1.94. The van der Waals surface area contributed by atoms with Crippen LogP contribution in [-0.2, 0) is 6.42 Å². The molecule has 2 aromatic rings. The first kappa shape index (κ1) is 11.5. The summed E-state index contributed by atoms with van der Waals surface area (Å²) < 4.78 is 0. The standard InChI is InChI=1S/C13H16N4/c1-3-10-4-6-11(7-5-10)12-8-9(2)13(15-14)17-16-12/h4-8H,3,14H2,1-2H3,(H,15,17). The molecule has 0 aliphatic carbocycles. The number of aromatic nitrogens is 2. The molecule has 0 saturated carbocycles. The average molecular weight is 228 g/mol. The van der Waals surface area contributed by atoms with Gasteiger partial charge in [0.2, 0.25) is 0 Å². The highest BCUT2D eigenvalue weighted by Gasteiger charge is 2.04. The van der Waals surface area contributed by atoms with E-state index >= 15 is 0 Å². The molecule has 1 heterocycles. The largest absolute Gasteiger partial charge is 0.307 e. The number of nitrogens with two attached hydrogens (primary N) is 1. The van der Waals surface area contributed by atoms with E-state index in [1.807, 2.05) is 13.0 Å². The van der Waals surface area contributed by atoms with Gasteiger partial charge in [-0.05, 0) is 30.5 Å². The van der Waals surface area contributed by atoms with Crippen LogP contribution >= 0.6 is 0 Å². The van der Waals surface area contributed by atoms with Crippen molar-refractivity contribution in [2.24, 2.45) is 5.84 Å². The van der Waals surface area contributed by atoms with Gasteiger partial charge in [0.05, 0.1) is 5.69 Å². The van der Waals surface area contributed by atoms with Gasteiger partial charge in [0.1, 0.15) is 0 Å². The van der Waals surface area contributed by atoms with Crippen molar-refractivity contribution in [3.63, 3.8) is 0 Å². The summed E-state index contributed by atoms with van der Waals surface area (Å²) in [5.41, 5.74) is 6.76. The quantitative estimate of drug-likeness (QED) is 0.625. The Balaban J connectivity index is 2.35. The molecule has 0 amide bonds. The van der Waals surface area contributed by atoms with Crippen LogP contribution in [-0.4, -0.2) is 10.2 Å². The van der Waals surface area contributed by atoms with Crippen molar-refractivity contribution in [3.8, 4) is 11.3 Å². The molecule has 0 radical (unpaired) electrons. The third kappa shape index (κ3) is 2.42. The van der Waals surface area contributed by atoms with Gasteiger partial charge < -0.3 is 5.43 Å². The number of aryl methyl sites for hydroxylation is 2. The van der Waals surface area contributed by atoms with Crippen molar-refractivity contribution in [3.05, 3.63) is 41.5 Å². The molecule has 88 valence electrons. The van der Waals surface area contributed by atoms with E-state index in [4.69, 9.17) is 5.84 Å². The molecule has 4 heteroatoms. The number of hydrazine groups is 1. The van der Waals surface area contributed by atoms with Crippen molar-refractivity contribution in [1.82, 2.24) is 10.2 Å². The van der Waals surface area contributed by atoms with Crippen LogP contribution in [0.5, 0.6) is 0 Å². The highest BCUT2D eigenvalue weighted by atomic mass is 15.3. The van der Waals surface area contributed by atoms with Crippen LogP contribution in [0.2, 0.25) is 0 Å². The van der Waals surface area contributed by atoms with Crippen LogP contribution in [0.25, 0.3) is 11.3 Å². The highest BCUT2D eigenvalue weighted by molar-refractivity contribution is 5.61. The summed E-state index contributed by atoms with van der Waals surface area (Å²) in [6, 6.07) is 10.3. The van der Waals surface area contributed by atoms with Crippen LogP contribution in [0, 0.1) is 6.92 Å². The molecule has 17 heavy (non-hydrogen) atoms. The second-order valence-electron chi connectivity index (χ2n) is 3.96. The lowest BCUT2D eigenvalue weighted by Crippen LogP contribution is -2.11. The number of hydrogen-bond acceptors (Lipinski definition) is 4. The van der Waals surface area contributed by atoms with Gasteiger partial charge in [-0.3, -0.25) is 0 Å². The minimum atomic E-state index is 0.610. The van der Waals surface area contributed by atoms with E-state index < -0.39 is 0 Å². The van der Waals surface area contributed by atoms with Gasteiger partial charge in [-0.1, -0.05) is 31.2 Å². The van der Waals surface area contributed by atoms with Gasteiger partial charge >= 0.3 is 0 Å². The maximum absolute atomic E-state index is 5.32. The maximum Gasteiger partial charge on any atom is 0.165 e. The van der Waals surface area contributed by atoms with Crippen LogP contribution in [0.1, 0.15) is 18.1 Å². The first-order valence-electron chi connectivity index (χ1n) is 5.65. The zero-order valence-electron chi connectivity index (χ0n) is 10.1. The van der Waals surface area contributed by atoms with Crippen LogP contribution in [0.4, 0.5) is 5.82 Å². The maximum atomic E-state index is 5.32. The highest BCUT2D eigenvalue weighted by Crippen LogP contribution is 2.20. The Kier molecular flexibility index (Phi) is 3.35. The number of rotatable bonds is 3. The Morgan fingerprint density at radius 1 is 1.18 bits per heavy atom. The van der Waals surface area contributed by atoms with Crippen molar-refractivity contribution >= 4 is 5.82 Å². The zero-order valence-corrected chi connectivity index (χ0v) is 10.1. The van der Waals surface area contributed by atoms with Gasteiger partial charge in [0, 0.05) is 5.56 Å². The summed E-state index contributed by atoms with van der Waals surface area (Å²) in [6.45, 7) is 4.09. The average Bonchev–Trinajstić information content (AvgIpc) is 2.39. The lowest BCUT2D eigenvalue weighted by molar-refractivity contribution is 1.01. The molecule has 4 nitrogen and oxygen atoms in total. The van der Waals surface area contributed by atoms with E-state index in [0.717, 1.165) is 23.2 Å². The molecule has 0 bridgehead atoms. The lowest BCUT2D eigenvalue weighted by Gasteiger charge is -2.06. The second kappa shape index (κ2) is 4.93. The molecule has 3 N–H and O–H groups in total. The first-order chi connectivity index (χ1) is 8.24. The molecule has 1 aromatic carbocycles. The van der Waals surface area contributed by atoms with E-state index in [9.17, 15) is 0 Å². The number of nitrogen functional groups attached to an aromatic ring is 1. The normalized spacial score (nSPS) is 10.3. The molecular formula is C13H16N4. The number of hydrogen-bond donors (Lipinski definition) is 2. The summed E-state index contributed by atoms with van der Waals surface area (Å²) in [7, 11) is 0. The minimum Gasteiger partial charge on any atom is -0.307 e. The Labute approximate surface area is 101 Å². The van der Waals surface area contributed by atoms with Gasteiger partial charge in [-0.2, -0.15) is 0 Å². The molecule has 2 rings (SSSR count). The fourth-order valence-corrected chi connectivity index (χ4v) is 1.68. The molecule has 0 saturated heterocycles. The molecule has 0 unspecified atom stereocenters. The Bertz CT molecular complexity index is 505. The van der Waals surface area contributed by atoms with Crippen LogP contribution < -0.4 is 11.3 Å². The van der Waals surface area contributed by atoms with Crippen molar-refractivity contribution in [1.29, 1.82) is 0 Å². The molecule has 1 aromatic heterocycles. The number of nitrogens with zero attached hydrogens (tertiary/aromatic N) is 2. The summed E-state index contributed by atoms with van der Waals surface area (Å²) in [5, 5.41) is 8.17. The number of benzene rings is 1. The third-order valence-electron chi connectivity index (χ3n) is 2.78. The number of anilines is 1. The fraction of sp³-hybridized carbons (Fsp3) is 0.231. The molecule has 0 atom stereocenters. The summed E-state index contributed by atoms with van der Waals surface area (Å²) in [4.78, 5) is 0. The first-order valence-corrected chi connectivity index (χ1v) is 5.65. The van der Waals surface area contributed by atoms with E-state index in [2.05, 4.69) is 46.8 Å². The summed E-state index contributed by atoms with van der Waals surface area (Å²) in [5.74, 6) is 5.93. The van der Waals surface area contributed by atoms with Crippen LogP contribution in [0.15, 0.2) is 30.3 Å². The molecule has 0 aliphatic heterocycles. The van der Waals surface area contributed by atoms with Crippen molar-refractivity contribution in [2.75, 3.05) is 5.43 Å². The van der Waals surface area contributed by atoms with Gasteiger partial charge in [0.25, 0.3) is 0 Å². The van der Waals surface area contributed by atoms with E-state index in [-0.39, 0.29) is 0 Å². The molecular weight excluding hydrogens is 212 g/mol. The predicted molar refractivity (Wildman–Crippen MR) is 69.4 cm³/mol. The van der Waals surface area contributed by atoms with E-state index in [1.54, 1.807) is 0 Å². The SMILES string of the molecule is CCc1ccc(-c2cc(C)c(NN)nn2)cc1. The monoisotopic (exact) mass is 228 g/mol. The van der Waals surface area contributed by atoms with Crippen molar-refractivity contribution in [2.45, 2.75) is 20.3 Å². The lowest BCUT2D eigenvalue weighted by atomic mass is 10.1. The summed E-state index contributed by atoms with van der Waals surface area (Å²) >= 11 is 0. The van der Waals surface area contributed by atoms with Gasteiger partial charge in [0.15, 0.2) is 5.82 Å². The second-order valence-corrected chi connectivity index (χ2v) is 3.96. The molecule has 0 spiro atoms. The topological polar surface area (TPSA) is 63.8 Å². The predicted octanol–water partition coefficient (Wildman–Crippen LogP) is 2.30. The molecule has 0 fully saturated rings. The van der Waals surface area contributed by atoms with Gasteiger partial charge in [-0.25, -0.2) is 5.84 Å². The Morgan fingerprint density at radius 3 is 2.41 bits per heavy atom. The molecule has 0 aliphatic rings. The smallest absolute Gasteiger partial charge is 0.165 e. The summed E-state index contributed by atoms with van der Waals surface area (Å²) in [6.07, 6.45) is 1.04. The Morgan fingerprint density at radius 2 is 1.88 bits per heavy atom. The van der Waals surface area contributed by atoms with E-state index in [0.29, 0.717) is 5.82 Å². The third-order valence-corrected chi connectivity index (χ3v) is 2.78.